The minimum absolute atomic E-state index is 0.138. The zero-order valence-corrected chi connectivity index (χ0v) is 14.6. The number of hydrogen-bond donors (Lipinski definition) is 1. The van der Waals surface area contributed by atoms with Crippen LogP contribution in [-0.2, 0) is 17.5 Å². The summed E-state index contributed by atoms with van der Waals surface area (Å²) < 4.78 is 53.2. The van der Waals surface area contributed by atoms with E-state index in [2.05, 4.69) is 15.0 Å². The van der Waals surface area contributed by atoms with E-state index in [1.54, 1.807) is 16.9 Å². The summed E-state index contributed by atoms with van der Waals surface area (Å²) in [5.41, 5.74) is 1.34. The second-order valence-electron chi connectivity index (χ2n) is 6.18. The molecule has 0 radical (unpaired) electrons. The zero-order valence-electron chi connectivity index (χ0n) is 13.8. The van der Waals surface area contributed by atoms with Gasteiger partial charge in [-0.25, -0.2) is 13.0 Å². The summed E-state index contributed by atoms with van der Waals surface area (Å²) in [7, 11) is -0.179. The summed E-state index contributed by atoms with van der Waals surface area (Å²) in [4.78, 5) is 0. The standard InChI is InChI=1S/C16H16F2N4O3S/c1-24-12-5-10(8-22-4-2-3-19-22)6-13-14(12)15(20-25-13)21-26(23)9-11-7-16(11,17)18/h2-6,11H,7-9H2,1H3,(H,20,21). The molecule has 1 aliphatic carbocycles. The molecule has 1 aromatic carbocycles. The van der Waals surface area contributed by atoms with E-state index in [0.717, 1.165) is 5.56 Å². The molecule has 2 atom stereocenters. The van der Waals surface area contributed by atoms with Crippen LogP contribution in [0, 0.1) is 5.92 Å². The topological polar surface area (TPSA) is 82.2 Å². The Balaban J connectivity index is 1.57. The average molecular weight is 382 g/mol. The van der Waals surface area contributed by atoms with Crippen molar-refractivity contribution in [1.29, 1.82) is 0 Å². The smallest absolute Gasteiger partial charge is 0.252 e. The van der Waals surface area contributed by atoms with Crippen LogP contribution in [0.15, 0.2) is 35.1 Å². The Morgan fingerprint density at radius 2 is 2.31 bits per heavy atom. The third-order valence-electron chi connectivity index (χ3n) is 4.24. The van der Waals surface area contributed by atoms with Crippen LogP contribution in [0.1, 0.15) is 12.0 Å². The van der Waals surface area contributed by atoms with E-state index in [9.17, 15) is 13.0 Å². The Kier molecular flexibility index (Phi) is 4.14. The fourth-order valence-corrected chi connectivity index (χ4v) is 3.94. The van der Waals surface area contributed by atoms with Gasteiger partial charge in [0.2, 0.25) is 0 Å². The number of alkyl halides is 2. The maximum atomic E-state index is 13.0. The lowest BCUT2D eigenvalue weighted by Crippen LogP contribution is -2.13. The van der Waals surface area contributed by atoms with Gasteiger partial charge in [-0.2, -0.15) is 5.10 Å². The summed E-state index contributed by atoms with van der Waals surface area (Å²) in [6, 6.07) is 5.42. The molecule has 0 saturated heterocycles. The van der Waals surface area contributed by atoms with Gasteiger partial charge in [-0.15, -0.1) is 0 Å². The van der Waals surface area contributed by atoms with E-state index < -0.39 is 22.8 Å². The molecule has 3 aromatic rings. The molecule has 0 bridgehead atoms. The summed E-state index contributed by atoms with van der Waals surface area (Å²) in [5.74, 6) is -2.99. The van der Waals surface area contributed by atoms with E-state index in [0.29, 0.717) is 23.3 Å². The van der Waals surface area contributed by atoms with Gasteiger partial charge in [0.1, 0.15) is 22.1 Å². The van der Waals surface area contributed by atoms with E-state index in [4.69, 9.17) is 9.26 Å². The third kappa shape index (κ3) is 3.28. The maximum absolute atomic E-state index is 13.0. The second-order valence-corrected chi connectivity index (χ2v) is 7.41. The number of rotatable bonds is 7. The molecule has 1 fully saturated rings. The number of nitrogens with one attached hydrogen (secondary N) is 1. The molecule has 1 N–H and O–H groups in total. The van der Waals surface area contributed by atoms with Crippen LogP contribution in [0.25, 0.3) is 11.0 Å². The lowest BCUT2D eigenvalue weighted by atomic mass is 10.1. The highest BCUT2D eigenvalue weighted by Crippen LogP contribution is 2.49. The fourth-order valence-electron chi connectivity index (χ4n) is 2.78. The number of anilines is 1. The minimum Gasteiger partial charge on any atom is -0.496 e. The summed E-state index contributed by atoms with van der Waals surface area (Å²) in [6.45, 7) is 0.519. The monoisotopic (exact) mass is 382 g/mol. The summed E-state index contributed by atoms with van der Waals surface area (Å²) in [6.07, 6.45) is 3.30. The molecular weight excluding hydrogens is 366 g/mol. The molecule has 0 spiro atoms. The quantitative estimate of drug-likeness (QED) is 0.680. The van der Waals surface area contributed by atoms with Gasteiger partial charge in [-0.3, -0.25) is 9.40 Å². The van der Waals surface area contributed by atoms with Crippen molar-refractivity contribution in [3.8, 4) is 5.75 Å². The van der Waals surface area contributed by atoms with Crippen LogP contribution >= 0.6 is 0 Å². The molecule has 2 heterocycles. The van der Waals surface area contributed by atoms with Gasteiger partial charge in [0.05, 0.1) is 19.4 Å². The zero-order chi connectivity index (χ0) is 18.3. The van der Waals surface area contributed by atoms with Crippen LogP contribution in [0.3, 0.4) is 0 Å². The first-order chi connectivity index (χ1) is 12.5. The molecular formula is C16H16F2N4O3S. The van der Waals surface area contributed by atoms with Crippen molar-refractivity contribution in [2.24, 2.45) is 5.92 Å². The van der Waals surface area contributed by atoms with Crippen molar-refractivity contribution in [1.82, 2.24) is 14.9 Å². The Labute approximate surface area is 149 Å². The van der Waals surface area contributed by atoms with Gasteiger partial charge in [-0.05, 0) is 23.8 Å². The first kappa shape index (κ1) is 17.0. The highest BCUT2D eigenvalue weighted by atomic mass is 32.2. The molecule has 1 saturated carbocycles. The number of methoxy groups -OCH3 is 1. The van der Waals surface area contributed by atoms with E-state index in [1.807, 2.05) is 18.3 Å². The lowest BCUT2D eigenvalue weighted by Gasteiger charge is -2.08. The predicted octanol–water partition coefficient (Wildman–Crippen LogP) is 2.81. The highest BCUT2D eigenvalue weighted by molar-refractivity contribution is 7.86. The SMILES string of the molecule is COc1cc(Cn2cccn2)cc2onc(NS(=O)CC3CC3(F)F)c12. The molecule has 2 unspecified atom stereocenters. The van der Waals surface area contributed by atoms with E-state index >= 15 is 0 Å². The Bertz CT molecular complexity index is 958. The number of benzene rings is 1. The Morgan fingerprint density at radius 3 is 2.96 bits per heavy atom. The van der Waals surface area contributed by atoms with E-state index in [1.165, 1.54) is 7.11 Å². The first-order valence-corrected chi connectivity index (χ1v) is 9.25. The van der Waals surface area contributed by atoms with Gasteiger partial charge in [0.15, 0.2) is 11.4 Å². The van der Waals surface area contributed by atoms with Crippen LogP contribution in [0.4, 0.5) is 14.6 Å². The van der Waals surface area contributed by atoms with Gasteiger partial charge in [0.25, 0.3) is 5.92 Å². The van der Waals surface area contributed by atoms with Crippen LogP contribution in [0.2, 0.25) is 0 Å². The molecule has 2 aromatic heterocycles. The average Bonchev–Trinajstić information content (AvgIpc) is 3.01. The van der Waals surface area contributed by atoms with Crippen molar-refractivity contribution < 1.29 is 22.2 Å². The molecule has 138 valence electrons. The molecule has 26 heavy (non-hydrogen) atoms. The molecule has 0 aliphatic heterocycles. The molecule has 0 amide bonds. The number of ether oxygens (including phenoxy) is 1. The van der Waals surface area contributed by atoms with Crippen LogP contribution < -0.4 is 9.46 Å². The number of hydrogen-bond acceptors (Lipinski definition) is 5. The predicted molar refractivity (Wildman–Crippen MR) is 91.6 cm³/mol. The van der Waals surface area contributed by atoms with Crippen molar-refractivity contribution in [3.63, 3.8) is 0 Å². The first-order valence-electron chi connectivity index (χ1n) is 7.93. The summed E-state index contributed by atoms with van der Waals surface area (Å²) >= 11 is 0. The summed E-state index contributed by atoms with van der Waals surface area (Å²) in [5, 5.41) is 8.55. The Morgan fingerprint density at radius 1 is 1.50 bits per heavy atom. The molecule has 7 nitrogen and oxygen atoms in total. The number of halogens is 2. The fraction of sp³-hybridized carbons (Fsp3) is 0.375. The molecule has 1 aliphatic rings. The largest absolute Gasteiger partial charge is 0.496 e. The van der Waals surface area contributed by atoms with Gasteiger partial charge >= 0.3 is 0 Å². The van der Waals surface area contributed by atoms with Crippen molar-refractivity contribution in [2.75, 3.05) is 17.6 Å². The normalized spacial score (nSPS) is 19.4. The Hall–Kier alpha value is -2.49. The van der Waals surface area contributed by atoms with Gasteiger partial charge < -0.3 is 9.26 Å². The minimum atomic E-state index is -2.71. The van der Waals surface area contributed by atoms with Crippen molar-refractivity contribution >= 4 is 27.8 Å². The number of nitrogens with zero attached hydrogens (tertiary/aromatic N) is 3. The molecule has 10 heteroatoms. The van der Waals surface area contributed by atoms with E-state index in [-0.39, 0.29) is 18.0 Å². The third-order valence-corrected chi connectivity index (χ3v) is 5.37. The van der Waals surface area contributed by atoms with Gasteiger partial charge in [0, 0.05) is 24.7 Å². The maximum Gasteiger partial charge on any atom is 0.252 e. The highest BCUT2D eigenvalue weighted by Gasteiger charge is 2.57. The number of aromatic nitrogens is 3. The van der Waals surface area contributed by atoms with Crippen LogP contribution in [-0.4, -0.2) is 37.9 Å². The molecule has 4 rings (SSSR count). The second kappa shape index (κ2) is 6.35. The lowest BCUT2D eigenvalue weighted by molar-refractivity contribution is 0.103. The van der Waals surface area contributed by atoms with Gasteiger partial charge in [-0.1, -0.05) is 5.16 Å². The van der Waals surface area contributed by atoms with Crippen molar-refractivity contribution in [3.05, 3.63) is 36.2 Å². The van der Waals surface area contributed by atoms with Crippen LogP contribution in [0.5, 0.6) is 5.75 Å². The van der Waals surface area contributed by atoms with Crippen molar-refractivity contribution in [2.45, 2.75) is 18.9 Å². The number of fused-ring (bicyclic) bond motifs is 1.